The van der Waals surface area contributed by atoms with E-state index in [-0.39, 0.29) is 6.61 Å². The number of nitrogens with one attached hydrogen (secondary N) is 1. The monoisotopic (exact) mass is 263 g/mol. The number of aliphatic carboxylic acids is 1. The highest BCUT2D eigenvalue weighted by atomic mass is 16.4. The SMILES string of the molecule is O=C(O)C1(C(=O)Nc2ccc(CCO)cc2)CCC1. The summed E-state index contributed by atoms with van der Waals surface area (Å²) in [5, 5.41) is 20.6. The lowest BCUT2D eigenvalue weighted by molar-refractivity contribution is -0.159. The van der Waals surface area contributed by atoms with Crippen molar-refractivity contribution in [3.63, 3.8) is 0 Å². The van der Waals surface area contributed by atoms with Crippen LogP contribution in [0.5, 0.6) is 0 Å². The Morgan fingerprint density at radius 3 is 2.26 bits per heavy atom. The third-order valence-corrected chi connectivity index (χ3v) is 3.66. The van der Waals surface area contributed by atoms with E-state index in [0.717, 1.165) is 12.0 Å². The molecule has 1 amide bonds. The quantitative estimate of drug-likeness (QED) is 0.701. The number of carboxylic acid groups (broad SMARTS) is 1. The Morgan fingerprint density at radius 1 is 1.21 bits per heavy atom. The number of amides is 1. The average Bonchev–Trinajstić information content (AvgIpc) is 2.30. The first kappa shape index (κ1) is 13.5. The number of carboxylic acids is 1. The molecule has 1 aromatic rings. The van der Waals surface area contributed by atoms with Crippen molar-refractivity contribution in [2.24, 2.45) is 5.41 Å². The van der Waals surface area contributed by atoms with Gasteiger partial charge in [-0.25, -0.2) is 0 Å². The summed E-state index contributed by atoms with van der Waals surface area (Å²) < 4.78 is 0. The van der Waals surface area contributed by atoms with Crippen LogP contribution in [0.3, 0.4) is 0 Å². The molecule has 19 heavy (non-hydrogen) atoms. The fraction of sp³-hybridized carbons (Fsp3) is 0.429. The minimum absolute atomic E-state index is 0.0772. The fourth-order valence-electron chi connectivity index (χ4n) is 2.20. The van der Waals surface area contributed by atoms with Gasteiger partial charge >= 0.3 is 5.97 Å². The molecule has 0 unspecified atom stereocenters. The summed E-state index contributed by atoms with van der Waals surface area (Å²) in [6.07, 6.45) is 2.13. The molecule has 0 radical (unpaired) electrons. The van der Waals surface area contributed by atoms with E-state index in [1.165, 1.54) is 0 Å². The van der Waals surface area contributed by atoms with Crippen molar-refractivity contribution in [2.45, 2.75) is 25.7 Å². The first-order valence-electron chi connectivity index (χ1n) is 6.33. The molecule has 2 rings (SSSR count). The van der Waals surface area contributed by atoms with E-state index in [4.69, 9.17) is 10.2 Å². The van der Waals surface area contributed by atoms with Gasteiger partial charge < -0.3 is 15.5 Å². The summed E-state index contributed by atoms with van der Waals surface area (Å²) in [5.74, 6) is -1.49. The third-order valence-electron chi connectivity index (χ3n) is 3.66. The van der Waals surface area contributed by atoms with Gasteiger partial charge in [0.25, 0.3) is 0 Å². The van der Waals surface area contributed by atoms with E-state index in [1.807, 2.05) is 0 Å². The van der Waals surface area contributed by atoms with Gasteiger partial charge in [0, 0.05) is 12.3 Å². The third kappa shape index (κ3) is 2.61. The lowest BCUT2D eigenvalue weighted by Gasteiger charge is -2.35. The highest BCUT2D eigenvalue weighted by Gasteiger charge is 2.51. The fourth-order valence-corrected chi connectivity index (χ4v) is 2.20. The van der Waals surface area contributed by atoms with E-state index in [1.54, 1.807) is 24.3 Å². The maximum absolute atomic E-state index is 12.0. The molecular formula is C14H17NO4. The van der Waals surface area contributed by atoms with Crippen molar-refractivity contribution in [2.75, 3.05) is 11.9 Å². The van der Waals surface area contributed by atoms with Gasteiger partial charge in [0.2, 0.25) is 5.91 Å². The molecule has 1 saturated carbocycles. The first-order chi connectivity index (χ1) is 9.08. The Morgan fingerprint density at radius 2 is 1.84 bits per heavy atom. The van der Waals surface area contributed by atoms with Gasteiger partial charge in [-0.05, 0) is 37.0 Å². The van der Waals surface area contributed by atoms with Crippen LogP contribution in [0.15, 0.2) is 24.3 Å². The van der Waals surface area contributed by atoms with Crippen LogP contribution in [0, 0.1) is 5.41 Å². The maximum Gasteiger partial charge on any atom is 0.319 e. The van der Waals surface area contributed by atoms with Gasteiger partial charge in [0.15, 0.2) is 0 Å². The Bertz CT molecular complexity index is 477. The van der Waals surface area contributed by atoms with Crippen molar-refractivity contribution < 1.29 is 19.8 Å². The number of hydrogen-bond acceptors (Lipinski definition) is 3. The molecule has 1 fully saturated rings. The number of hydrogen-bond donors (Lipinski definition) is 3. The van der Waals surface area contributed by atoms with Gasteiger partial charge in [-0.3, -0.25) is 9.59 Å². The average molecular weight is 263 g/mol. The van der Waals surface area contributed by atoms with Gasteiger partial charge in [-0.2, -0.15) is 0 Å². The van der Waals surface area contributed by atoms with Crippen LogP contribution >= 0.6 is 0 Å². The van der Waals surface area contributed by atoms with Crippen LogP contribution in [0.2, 0.25) is 0 Å². The largest absolute Gasteiger partial charge is 0.480 e. The maximum atomic E-state index is 12.0. The number of carbonyl (C=O) groups is 2. The second-order valence-corrected chi connectivity index (χ2v) is 4.87. The van der Waals surface area contributed by atoms with Gasteiger partial charge in [0.05, 0.1) is 0 Å². The van der Waals surface area contributed by atoms with Crippen molar-refractivity contribution in [1.82, 2.24) is 0 Å². The Labute approximate surface area is 111 Å². The molecule has 0 aromatic heterocycles. The smallest absolute Gasteiger partial charge is 0.319 e. The van der Waals surface area contributed by atoms with Crippen LogP contribution in [-0.2, 0) is 16.0 Å². The molecule has 5 nitrogen and oxygen atoms in total. The van der Waals surface area contributed by atoms with Crippen molar-refractivity contribution in [3.8, 4) is 0 Å². The standard InChI is InChI=1S/C14H17NO4/c16-9-6-10-2-4-11(5-3-10)15-12(17)14(13(18)19)7-1-8-14/h2-5,16H,1,6-9H2,(H,15,17)(H,18,19). The van der Waals surface area contributed by atoms with Gasteiger partial charge in [-0.15, -0.1) is 0 Å². The summed E-state index contributed by atoms with van der Waals surface area (Å²) in [6.45, 7) is 0.0772. The number of benzene rings is 1. The molecule has 0 atom stereocenters. The predicted molar refractivity (Wildman–Crippen MR) is 69.8 cm³/mol. The molecule has 102 valence electrons. The molecule has 3 N–H and O–H groups in total. The first-order valence-corrected chi connectivity index (χ1v) is 6.33. The van der Waals surface area contributed by atoms with E-state index in [0.29, 0.717) is 24.9 Å². The van der Waals surface area contributed by atoms with E-state index < -0.39 is 17.3 Å². The van der Waals surface area contributed by atoms with Crippen LogP contribution in [-0.4, -0.2) is 28.7 Å². The number of rotatable bonds is 5. The molecule has 1 aliphatic carbocycles. The van der Waals surface area contributed by atoms with Gasteiger partial charge in [-0.1, -0.05) is 18.6 Å². The van der Waals surface area contributed by atoms with E-state index in [9.17, 15) is 9.59 Å². The molecule has 0 bridgehead atoms. The van der Waals surface area contributed by atoms with Crippen molar-refractivity contribution >= 4 is 17.6 Å². The van der Waals surface area contributed by atoms with Crippen molar-refractivity contribution in [3.05, 3.63) is 29.8 Å². The molecule has 0 saturated heterocycles. The summed E-state index contributed by atoms with van der Waals surface area (Å²) in [6, 6.07) is 7.05. The zero-order chi connectivity index (χ0) is 13.9. The number of anilines is 1. The zero-order valence-corrected chi connectivity index (χ0v) is 10.6. The summed E-state index contributed by atoms with van der Waals surface area (Å²) in [7, 11) is 0. The molecule has 0 spiro atoms. The molecule has 1 aromatic carbocycles. The summed E-state index contributed by atoms with van der Waals surface area (Å²) in [4.78, 5) is 23.2. The van der Waals surface area contributed by atoms with E-state index >= 15 is 0 Å². The minimum atomic E-state index is -1.25. The van der Waals surface area contributed by atoms with Crippen LogP contribution in [0.1, 0.15) is 24.8 Å². The molecule has 5 heteroatoms. The van der Waals surface area contributed by atoms with Crippen molar-refractivity contribution in [1.29, 1.82) is 0 Å². The van der Waals surface area contributed by atoms with E-state index in [2.05, 4.69) is 5.32 Å². The zero-order valence-electron chi connectivity index (χ0n) is 10.6. The molecule has 1 aliphatic rings. The highest BCUT2D eigenvalue weighted by molar-refractivity contribution is 6.09. The van der Waals surface area contributed by atoms with Crippen LogP contribution in [0.25, 0.3) is 0 Å². The Kier molecular flexibility index (Phi) is 3.85. The Hall–Kier alpha value is -1.88. The number of aliphatic hydroxyl groups excluding tert-OH is 1. The summed E-state index contributed by atoms with van der Waals surface area (Å²) >= 11 is 0. The molecule has 0 heterocycles. The van der Waals surface area contributed by atoms with Crippen LogP contribution < -0.4 is 5.32 Å². The predicted octanol–water partition coefficient (Wildman–Crippen LogP) is 1.41. The number of aliphatic hydroxyl groups is 1. The lowest BCUT2D eigenvalue weighted by Crippen LogP contribution is -2.48. The highest BCUT2D eigenvalue weighted by Crippen LogP contribution is 2.42. The van der Waals surface area contributed by atoms with Gasteiger partial charge in [0.1, 0.15) is 5.41 Å². The molecule has 0 aliphatic heterocycles. The minimum Gasteiger partial charge on any atom is -0.480 e. The second-order valence-electron chi connectivity index (χ2n) is 4.87. The normalized spacial score (nSPS) is 16.5. The van der Waals surface area contributed by atoms with Crippen LogP contribution in [0.4, 0.5) is 5.69 Å². The Balaban J connectivity index is 2.04. The lowest BCUT2D eigenvalue weighted by atomic mass is 9.68. The molecular weight excluding hydrogens is 246 g/mol. The second kappa shape index (κ2) is 5.40. The topological polar surface area (TPSA) is 86.6 Å². The number of carbonyl (C=O) groups excluding carboxylic acids is 1. The summed E-state index contributed by atoms with van der Waals surface area (Å²) in [5.41, 5.74) is 0.306.